The summed E-state index contributed by atoms with van der Waals surface area (Å²) in [4.78, 5) is 12.0. The van der Waals surface area contributed by atoms with Crippen molar-refractivity contribution in [3.63, 3.8) is 0 Å². The predicted molar refractivity (Wildman–Crippen MR) is 64.7 cm³/mol. The lowest BCUT2D eigenvalue weighted by molar-refractivity contribution is -0.124. The van der Waals surface area contributed by atoms with Crippen LogP contribution in [-0.4, -0.2) is 5.78 Å². The highest BCUT2D eigenvalue weighted by Gasteiger charge is 2.32. The molecule has 0 fully saturated rings. The van der Waals surface area contributed by atoms with E-state index >= 15 is 0 Å². The van der Waals surface area contributed by atoms with E-state index in [0.29, 0.717) is 12.2 Å². The van der Waals surface area contributed by atoms with Crippen LogP contribution in [0.25, 0.3) is 0 Å². The molecule has 0 spiro atoms. The summed E-state index contributed by atoms with van der Waals surface area (Å²) >= 11 is 0. The highest BCUT2D eigenvalue weighted by Crippen LogP contribution is 2.36. The molecule has 0 saturated carbocycles. The first-order chi connectivity index (χ1) is 6.96. The SMILES string of the molecule is CCC(=O)C(C1=CC=CCC1)C(C)(C)C. The van der Waals surface area contributed by atoms with Crippen LogP contribution in [0.3, 0.4) is 0 Å². The molecule has 0 aromatic carbocycles. The fraction of sp³-hybridized carbons (Fsp3) is 0.643. The largest absolute Gasteiger partial charge is 0.299 e. The van der Waals surface area contributed by atoms with E-state index in [-0.39, 0.29) is 11.3 Å². The average molecular weight is 206 g/mol. The van der Waals surface area contributed by atoms with Crippen LogP contribution in [0.5, 0.6) is 0 Å². The Morgan fingerprint density at radius 3 is 2.53 bits per heavy atom. The Morgan fingerprint density at radius 2 is 2.13 bits per heavy atom. The Labute approximate surface area is 93.3 Å². The van der Waals surface area contributed by atoms with E-state index in [0.717, 1.165) is 12.8 Å². The maximum Gasteiger partial charge on any atom is 0.140 e. The Bertz CT molecular complexity index is 289. The molecule has 1 nitrogen and oxygen atoms in total. The molecule has 0 radical (unpaired) electrons. The molecule has 1 rings (SSSR count). The lowest BCUT2D eigenvalue weighted by Crippen LogP contribution is -2.30. The van der Waals surface area contributed by atoms with Gasteiger partial charge in [-0.1, -0.05) is 51.5 Å². The van der Waals surface area contributed by atoms with Gasteiger partial charge in [-0.25, -0.2) is 0 Å². The number of Topliss-reactive ketones (excluding diaryl/α,β-unsaturated/α-hetero) is 1. The molecule has 0 aromatic heterocycles. The first kappa shape index (κ1) is 12.2. The second kappa shape index (κ2) is 4.78. The molecular formula is C14H22O. The second-order valence-electron chi connectivity index (χ2n) is 5.33. The number of allylic oxidation sites excluding steroid dienone is 4. The van der Waals surface area contributed by atoms with Crippen LogP contribution < -0.4 is 0 Å². The predicted octanol–water partition coefficient (Wildman–Crippen LogP) is 3.90. The van der Waals surface area contributed by atoms with Crippen molar-refractivity contribution in [1.82, 2.24) is 0 Å². The van der Waals surface area contributed by atoms with Crippen molar-refractivity contribution in [3.05, 3.63) is 23.8 Å². The zero-order valence-corrected chi connectivity index (χ0v) is 10.3. The quantitative estimate of drug-likeness (QED) is 0.684. The summed E-state index contributed by atoms with van der Waals surface area (Å²) in [5.74, 6) is 0.483. The minimum absolute atomic E-state index is 0.0457. The van der Waals surface area contributed by atoms with Gasteiger partial charge >= 0.3 is 0 Å². The van der Waals surface area contributed by atoms with Gasteiger partial charge in [0.05, 0.1) is 0 Å². The second-order valence-corrected chi connectivity index (χ2v) is 5.33. The highest BCUT2D eigenvalue weighted by molar-refractivity contribution is 5.84. The molecule has 0 N–H and O–H groups in total. The number of rotatable bonds is 3. The summed E-state index contributed by atoms with van der Waals surface area (Å²) in [6, 6.07) is 0. The molecule has 1 atom stereocenters. The van der Waals surface area contributed by atoms with Crippen LogP contribution >= 0.6 is 0 Å². The van der Waals surface area contributed by atoms with Gasteiger partial charge in [-0.3, -0.25) is 4.79 Å². The molecule has 0 bridgehead atoms. The Kier molecular flexibility index (Phi) is 3.90. The van der Waals surface area contributed by atoms with Gasteiger partial charge in [0.15, 0.2) is 0 Å². The summed E-state index contributed by atoms with van der Waals surface area (Å²) in [7, 11) is 0. The van der Waals surface area contributed by atoms with Crippen molar-refractivity contribution in [1.29, 1.82) is 0 Å². The van der Waals surface area contributed by atoms with Gasteiger partial charge in [-0.05, 0) is 18.3 Å². The third kappa shape index (κ3) is 3.05. The Balaban J connectivity index is 2.95. The van der Waals surface area contributed by atoms with Gasteiger partial charge in [0.25, 0.3) is 0 Å². The van der Waals surface area contributed by atoms with Gasteiger partial charge in [0.1, 0.15) is 5.78 Å². The molecule has 84 valence electrons. The van der Waals surface area contributed by atoms with Crippen molar-refractivity contribution in [2.75, 3.05) is 0 Å². The van der Waals surface area contributed by atoms with E-state index in [1.165, 1.54) is 5.57 Å². The van der Waals surface area contributed by atoms with Crippen LogP contribution in [0, 0.1) is 11.3 Å². The van der Waals surface area contributed by atoms with Crippen molar-refractivity contribution in [3.8, 4) is 0 Å². The van der Waals surface area contributed by atoms with Crippen molar-refractivity contribution < 1.29 is 4.79 Å². The van der Waals surface area contributed by atoms with Crippen LogP contribution in [-0.2, 0) is 4.79 Å². The topological polar surface area (TPSA) is 17.1 Å². The zero-order chi connectivity index (χ0) is 11.5. The van der Waals surface area contributed by atoms with Crippen LogP contribution in [0.15, 0.2) is 23.8 Å². The first-order valence-corrected chi connectivity index (χ1v) is 5.85. The third-order valence-corrected chi connectivity index (χ3v) is 2.95. The number of carbonyl (C=O) groups excluding carboxylic acids is 1. The summed E-state index contributed by atoms with van der Waals surface area (Å²) in [5, 5.41) is 0. The van der Waals surface area contributed by atoms with E-state index in [1.54, 1.807) is 0 Å². The molecule has 1 aliphatic rings. The molecular weight excluding hydrogens is 184 g/mol. The molecule has 1 heteroatoms. The van der Waals surface area contributed by atoms with Gasteiger partial charge < -0.3 is 0 Å². The van der Waals surface area contributed by atoms with Gasteiger partial charge in [-0.15, -0.1) is 0 Å². The van der Waals surface area contributed by atoms with Crippen molar-refractivity contribution >= 4 is 5.78 Å². The lowest BCUT2D eigenvalue weighted by atomic mass is 9.71. The molecule has 0 aromatic rings. The number of carbonyl (C=O) groups is 1. The third-order valence-electron chi connectivity index (χ3n) is 2.95. The molecule has 15 heavy (non-hydrogen) atoms. The summed E-state index contributed by atoms with van der Waals surface area (Å²) in [6.45, 7) is 8.43. The van der Waals surface area contributed by atoms with E-state index in [2.05, 4.69) is 39.0 Å². The van der Waals surface area contributed by atoms with Crippen molar-refractivity contribution in [2.45, 2.75) is 47.0 Å². The fourth-order valence-electron chi connectivity index (χ4n) is 2.31. The van der Waals surface area contributed by atoms with Gasteiger partial charge in [0.2, 0.25) is 0 Å². The van der Waals surface area contributed by atoms with Crippen LogP contribution in [0.1, 0.15) is 47.0 Å². The van der Waals surface area contributed by atoms with E-state index in [1.807, 2.05) is 6.92 Å². The highest BCUT2D eigenvalue weighted by atomic mass is 16.1. The average Bonchev–Trinajstić information content (AvgIpc) is 2.17. The van der Waals surface area contributed by atoms with Crippen molar-refractivity contribution in [2.24, 2.45) is 11.3 Å². The van der Waals surface area contributed by atoms with E-state index in [4.69, 9.17) is 0 Å². The van der Waals surface area contributed by atoms with Crippen LogP contribution in [0.2, 0.25) is 0 Å². The summed E-state index contributed by atoms with van der Waals surface area (Å²) in [5.41, 5.74) is 1.36. The molecule has 0 saturated heterocycles. The van der Waals surface area contributed by atoms with Crippen LogP contribution in [0.4, 0.5) is 0 Å². The minimum Gasteiger partial charge on any atom is -0.299 e. The van der Waals surface area contributed by atoms with Gasteiger partial charge in [-0.2, -0.15) is 0 Å². The Hall–Kier alpha value is -0.850. The molecule has 0 aliphatic heterocycles. The minimum atomic E-state index is 0.0457. The Morgan fingerprint density at radius 1 is 1.47 bits per heavy atom. The maximum absolute atomic E-state index is 12.0. The maximum atomic E-state index is 12.0. The van der Waals surface area contributed by atoms with Gasteiger partial charge in [0, 0.05) is 12.3 Å². The van der Waals surface area contributed by atoms with E-state index in [9.17, 15) is 4.79 Å². The molecule has 1 aliphatic carbocycles. The smallest absolute Gasteiger partial charge is 0.140 e. The summed E-state index contributed by atoms with van der Waals surface area (Å²) < 4.78 is 0. The standard InChI is InChI=1S/C14H22O/c1-5-12(15)13(14(2,3)4)11-9-7-6-8-10-11/h6-7,9,13H,5,8,10H2,1-4H3. The molecule has 1 unspecified atom stereocenters. The normalized spacial score (nSPS) is 18.5. The van der Waals surface area contributed by atoms with E-state index < -0.39 is 0 Å². The molecule has 0 amide bonds. The monoisotopic (exact) mass is 206 g/mol. The number of hydrogen-bond acceptors (Lipinski definition) is 1. The lowest BCUT2D eigenvalue weighted by Gasteiger charge is -2.32. The number of ketones is 1. The summed E-state index contributed by atoms with van der Waals surface area (Å²) in [6.07, 6.45) is 9.15. The zero-order valence-electron chi connectivity index (χ0n) is 10.3. The molecule has 0 heterocycles. The number of hydrogen-bond donors (Lipinski definition) is 0. The first-order valence-electron chi connectivity index (χ1n) is 5.85. The fourth-order valence-corrected chi connectivity index (χ4v) is 2.31.